The molecule has 4 heteroatoms. The van der Waals surface area contributed by atoms with E-state index in [0.717, 1.165) is 53.0 Å². The molecule has 33 heavy (non-hydrogen) atoms. The van der Waals surface area contributed by atoms with Crippen molar-refractivity contribution in [1.82, 2.24) is 0 Å². The molecule has 1 aliphatic rings. The highest BCUT2D eigenvalue weighted by atomic mass is 32.2. The van der Waals surface area contributed by atoms with Crippen LogP contribution in [-0.4, -0.2) is 23.1 Å². The van der Waals surface area contributed by atoms with E-state index in [2.05, 4.69) is 65.0 Å². The maximum Gasteiger partial charge on any atom is 0.122 e. The van der Waals surface area contributed by atoms with E-state index in [0.29, 0.717) is 23.9 Å². The van der Waals surface area contributed by atoms with Gasteiger partial charge in [0.05, 0.1) is 5.71 Å². The number of nitrogens with two attached hydrogens (primary N) is 1. The first-order valence-corrected chi connectivity index (χ1v) is 13.5. The predicted molar refractivity (Wildman–Crippen MR) is 147 cm³/mol. The minimum atomic E-state index is -0.0713. The van der Waals surface area contributed by atoms with Gasteiger partial charge in [0.2, 0.25) is 0 Å². The third-order valence-corrected chi connectivity index (χ3v) is 7.21. The molecule has 1 aromatic carbocycles. The van der Waals surface area contributed by atoms with E-state index in [1.54, 1.807) is 11.8 Å². The second-order valence-corrected chi connectivity index (χ2v) is 11.5. The first kappa shape index (κ1) is 27.5. The summed E-state index contributed by atoms with van der Waals surface area (Å²) in [4.78, 5) is 1.11. The van der Waals surface area contributed by atoms with Gasteiger partial charge in [0, 0.05) is 17.2 Å². The quantitative estimate of drug-likeness (QED) is 0.279. The van der Waals surface area contributed by atoms with Crippen LogP contribution in [0.1, 0.15) is 83.4 Å². The van der Waals surface area contributed by atoms with Gasteiger partial charge in [0.25, 0.3) is 0 Å². The Labute approximate surface area is 206 Å². The van der Waals surface area contributed by atoms with Gasteiger partial charge in [0.15, 0.2) is 0 Å². The number of benzene rings is 1. The van der Waals surface area contributed by atoms with Crippen molar-refractivity contribution < 1.29 is 5.11 Å². The van der Waals surface area contributed by atoms with E-state index < -0.39 is 0 Å². The molecule has 0 heterocycles. The molecule has 1 atom stereocenters. The fraction of sp³-hybridized carbons (Fsp3) is 0.552. The second kappa shape index (κ2) is 13.2. The summed E-state index contributed by atoms with van der Waals surface area (Å²) in [5.74, 6) is 1.84. The van der Waals surface area contributed by atoms with E-state index in [1.807, 2.05) is 6.08 Å². The summed E-state index contributed by atoms with van der Waals surface area (Å²) in [6.45, 7) is 11.7. The monoisotopic (exact) mass is 468 g/mol. The zero-order valence-electron chi connectivity index (χ0n) is 21.3. The van der Waals surface area contributed by atoms with Crippen molar-refractivity contribution in [2.75, 3.05) is 12.3 Å². The van der Waals surface area contributed by atoms with E-state index in [9.17, 15) is 5.11 Å². The molecule has 0 radical (unpaired) electrons. The number of allylic oxidation sites excluding steroid dienone is 5. The Morgan fingerprint density at radius 1 is 1.15 bits per heavy atom. The molecule has 0 amide bonds. The van der Waals surface area contributed by atoms with Gasteiger partial charge < -0.3 is 16.2 Å². The highest BCUT2D eigenvalue weighted by Gasteiger charge is 2.21. The third-order valence-electron chi connectivity index (χ3n) is 6.18. The van der Waals surface area contributed by atoms with Crippen molar-refractivity contribution in [1.29, 1.82) is 5.41 Å². The van der Waals surface area contributed by atoms with Crippen LogP contribution in [-0.2, 0) is 18.3 Å². The molecule has 0 spiro atoms. The molecule has 182 valence electrons. The van der Waals surface area contributed by atoms with Crippen LogP contribution >= 0.6 is 11.8 Å². The number of rotatable bonds is 12. The van der Waals surface area contributed by atoms with Gasteiger partial charge in [0.1, 0.15) is 5.75 Å². The fourth-order valence-electron chi connectivity index (χ4n) is 4.07. The standard InChI is InChI=1S/C29H44N2OS/c1-6-7-8-9-22-18-24(28(32)26(19-22)29(3,4)5)13-11-21(2)10-12-23-14-15-25(20-27(23)31)33-17-16-30/h12,14-15,18-21,31-32H,6-11,13,16-17,30H2,1-5H3/b23-12+,31-27?. The molecule has 0 saturated carbocycles. The number of phenols is 1. The lowest BCUT2D eigenvalue weighted by molar-refractivity contribution is 0.435. The first-order valence-electron chi connectivity index (χ1n) is 12.5. The van der Waals surface area contributed by atoms with Gasteiger partial charge in [-0.25, -0.2) is 0 Å². The molecule has 0 saturated heterocycles. The largest absolute Gasteiger partial charge is 0.507 e. The summed E-state index contributed by atoms with van der Waals surface area (Å²) >= 11 is 1.70. The van der Waals surface area contributed by atoms with Crippen molar-refractivity contribution in [3.05, 3.63) is 63.6 Å². The third kappa shape index (κ3) is 8.83. The molecular formula is C29H44N2OS. The molecule has 4 N–H and O–H groups in total. The Hall–Kier alpha value is -1.78. The van der Waals surface area contributed by atoms with Crippen molar-refractivity contribution >= 4 is 17.5 Å². The molecule has 0 bridgehead atoms. The summed E-state index contributed by atoms with van der Waals surface area (Å²) < 4.78 is 0. The molecule has 0 aliphatic heterocycles. The van der Waals surface area contributed by atoms with E-state index in [4.69, 9.17) is 11.1 Å². The van der Waals surface area contributed by atoms with Crippen LogP contribution in [0, 0.1) is 11.3 Å². The number of thioether (sulfide) groups is 1. The van der Waals surface area contributed by atoms with Gasteiger partial charge >= 0.3 is 0 Å². The summed E-state index contributed by atoms with van der Waals surface area (Å²) in [5, 5.41) is 19.3. The Balaban J connectivity index is 2.02. The van der Waals surface area contributed by atoms with Gasteiger partial charge in [-0.05, 0) is 77.9 Å². The highest BCUT2D eigenvalue weighted by Crippen LogP contribution is 2.36. The Morgan fingerprint density at radius 2 is 1.91 bits per heavy atom. The molecule has 1 aromatic rings. The summed E-state index contributed by atoms with van der Waals surface area (Å²) in [6, 6.07) is 4.45. The molecule has 1 unspecified atom stereocenters. The fourth-order valence-corrected chi connectivity index (χ4v) is 4.79. The van der Waals surface area contributed by atoms with Crippen LogP contribution in [0.15, 0.2) is 46.9 Å². The zero-order valence-corrected chi connectivity index (χ0v) is 22.2. The lowest BCUT2D eigenvalue weighted by Crippen LogP contribution is -2.13. The van der Waals surface area contributed by atoms with E-state index in [-0.39, 0.29) is 5.41 Å². The van der Waals surface area contributed by atoms with Crippen LogP contribution in [0.3, 0.4) is 0 Å². The summed E-state index contributed by atoms with van der Waals surface area (Å²) in [5.41, 5.74) is 10.6. The number of phenolic OH excluding ortho intramolecular Hbond substituents is 1. The van der Waals surface area contributed by atoms with Crippen LogP contribution in [0.4, 0.5) is 0 Å². The molecule has 3 nitrogen and oxygen atoms in total. The van der Waals surface area contributed by atoms with Gasteiger partial charge in [-0.2, -0.15) is 0 Å². The number of hydrogen-bond acceptors (Lipinski definition) is 4. The van der Waals surface area contributed by atoms with Crippen LogP contribution in [0.25, 0.3) is 0 Å². The Kier molecular flexibility index (Phi) is 11.0. The predicted octanol–water partition coefficient (Wildman–Crippen LogP) is 7.47. The lowest BCUT2D eigenvalue weighted by atomic mass is 9.82. The molecular weight excluding hydrogens is 424 g/mol. The van der Waals surface area contributed by atoms with Crippen LogP contribution in [0.2, 0.25) is 0 Å². The average molecular weight is 469 g/mol. The number of unbranched alkanes of at least 4 members (excludes halogenated alkanes) is 2. The minimum Gasteiger partial charge on any atom is -0.507 e. The normalized spacial score (nSPS) is 16.4. The smallest absolute Gasteiger partial charge is 0.122 e. The van der Waals surface area contributed by atoms with Crippen LogP contribution < -0.4 is 5.73 Å². The van der Waals surface area contributed by atoms with E-state index >= 15 is 0 Å². The van der Waals surface area contributed by atoms with Crippen LogP contribution in [0.5, 0.6) is 5.75 Å². The molecule has 1 aliphatic carbocycles. The highest BCUT2D eigenvalue weighted by molar-refractivity contribution is 8.03. The number of aromatic hydroxyl groups is 1. The van der Waals surface area contributed by atoms with Crippen molar-refractivity contribution in [3.63, 3.8) is 0 Å². The average Bonchev–Trinajstić information content (AvgIpc) is 2.76. The lowest BCUT2D eigenvalue weighted by Gasteiger charge is -2.24. The van der Waals surface area contributed by atoms with Crippen molar-refractivity contribution in [2.45, 2.75) is 85.0 Å². The number of nitrogens with one attached hydrogen (secondary N) is 1. The van der Waals surface area contributed by atoms with Gasteiger partial charge in [-0.1, -0.05) is 71.7 Å². The summed E-state index contributed by atoms with van der Waals surface area (Å²) in [6.07, 6.45) is 15.9. The number of aryl methyl sites for hydroxylation is 2. The Morgan fingerprint density at radius 3 is 2.55 bits per heavy atom. The van der Waals surface area contributed by atoms with Crippen molar-refractivity contribution in [3.8, 4) is 5.75 Å². The second-order valence-electron chi connectivity index (χ2n) is 10.3. The van der Waals surface area contributed by atoms with Gasteiger partial charge in [-0.15, -0.1) is 11.8 Å². The maximum atomic E-state index is 11.0. The zero-order chi connectivity index (χ0) is 24.4. The molecule has 0 aromatic heterocycles. The topological polar surface area (TPSA) is 70.1 Å². The first-order chi connectivity index (χ1) is 15.7. The number of hydrogen-bond donors (Lipinski definition) is 3. The van der Waals surface area contributed by atoms with Crippen molar-refractivity contribution in [2.24, 2.45) is 11.7 Å². The molecule has 2 rings (SSSR count). The van der Waals surface area contributed by atoms with Gasteiger partial charge in [-0.3, -0.25) is 0 Å². The Bertz CT molecular complexity index is 890. The molecule has 0 fully saturated rings. The SMILES string of the molecule is CCCCCc1cc(CCC(C)C/C=C2\C=CC(SCCN)=CC2=N)c(O)c(C(C)(C)C)c1. The summed E-state index contributed by atoms with van der Waals surface area (Å²) in [7, 11) is 0. The maximum absolute atomic E-state index is 11.0. The van der Waals surface area contributed by atoms with E-state index in [1.165, 1.54) is 24.8 Å². The minimum absolute atomic E-state index is 0.0713.